The number of aromatic amines is 1. The van der Waals surface area contributed by atoms with Crippen LogP contribution < -0.4 is 10.1 Å². The molecule has 2 aliphatic heterocycles. The third-order valence-electron chi connectivity index (χ3n) is 9.48. The van der Waals surface area contributed by atoms with Crippen molar-refractivity contribution in [3.8, 4) is 11.8 Å². The van der Waals surface area contributed by atoms with Crippen LogP contribution >= 0.6 is 0 Å². The number of rotatable bonds is 7. The van der Waals surface area contributed by atoms with Gasteiger partial charge in [-0.1, -0.05) is 12.1 Å². The van der Waals surface area contributed by atoms with Crippen LogP contribution in [0.25, 0.3) is 10.9 Å². The first-order valence-corrected chi connectivity index (χ1v) is 14.2. The van der Waals surface area contributed by atoms with Gasteiger partial charge in [0.25, 0.3) is 5.91 Å². The first kappa shape index (κ1) is 25.9. The number of aromatic nitrogens is 1. The number of ether oxygens (including phenoxy) is 1. The summed E-state index contributed by atoms with van der Waals surface area (Å²) in [6.07, 6.45) is 6.16. The normalized spacial score (nSPS) is 25.7. The van der Waals surface area contributed by atoms with Crippen molar-refractivity contribution in [2.24, 2.45) is 17.3 Å². The van der Waals surface area contributed by atoms with Gasteiger partial charge in [0.15, 0.2) is 0 Å². The maximum atomic E-state index is 12.8. The predicted octanol–water partition coefficient (Wildman–Crippen LogP) is 5.03. The third-order valence-corrected chi connectivity index (χ3v) is 9.48. The number of aryl methyl sites for hydroxylation is 1. The summed E-state index contributed by atoms with van der Waals surface area (Å²) in [5.74, 6) is 1.67. The molecule has 0 unspecified atom stereocenters. The largest absolute Gasteiger partial charge is 0.496 e. The van der Waals surface area contributed by atoms with Crippen LogP contribution in [-0.4, -0.2) is 61.0 Å². The average Bonchev–Trinajstić information content (AvgIpc) is 3.41. The number of carbonyl (C=O) groups excluding carboxylic acids is 1. The number of fused-ring (bicyclic) bond motifs is 1. The fraction of sp³-hybridized carbons (Fsp3) is 0.500. The molecule has 1 aliphatic carbocycles. The highest BCUT2D eigenvalue weighted by molar-refractivity contribution is 5.94. The zero-order chi connectivity index (χ0) is 27.1. The van der Waals surface area contributed by atoms with Crippen LogP contribution in [0.4, 0.5) is 0 Å². The Morgan fingerprint density at radius 1 is 1.21 bits per heavy atom. The summed E-state index contributed by atoms with van der Waals surface area (Å²) < 4.78 is 5.86. The number of benzene rings is 2. The molecule has 3 aromatic rings. The lowest BCUT2D eigenvalue weighted by Gasteiger charge is -2.53. The second-order valence-corrected chi connectivity index (χ2v) is 12.2. The van der Waals surface area contributed by atoms with Gasteiger partial charge in [-0.3, -0.25) is 9.69 Å². The van der Waals surface area contributed by atoms with E-state index in [1.807, 2.05) is 18.3 Å². The molecule has 2 N–H and O–H groups in total. The number of H-pyrrole nitrogens is 1. The van der Waals surface area contributed by atoms with E-state index in [1.165, 1.54) is 22.1 Å². The molecule has 3 fully saturated rings. The number of likely N-dealkylation sites (tertiary alicyclic amines) is 2. The summed E-state index contributed by atoms with van der Waals surface area (Å²) in [6.45, 7) is 6.71. The molecule has 6 rings (SSSR count). The minimum absolute atomic E-state index is 0.00294. The van der Waals surface area contributed by atoms with Gasteiger partial charge in [-0.2, -0.15) is 5.26 Å². The number of hydrogen-bond acceptors (Lipinski definition) is 5. The first-order chi connectivity index (χ1) is 18.9. The van der Waals surface area contributed by atoms with Crippen molar-refractivity contribution in [1.82, 2.24) is 20.1 Å². The zero-order valence-electron chi connectivity index (χ0n) is 23.3. The van der Waals surface area contributed by atoms with E-state index < -0.39 is 0 Å². The van der Waals surface area contributed by atoms with E-state index >= 15 is 0 Å². The molecule has 2 aromatic carbocycles. The summed E-state index contributed by atoms with van der Waals surface area (Å²) in [5, 5.41) is 13.8. The molecule has 1 aromatic heterocycles. The van der Waals surface area contributed by atoms with Crippen molar-refractivity contribution in [2.45, 2.75) is 45.2 Å². The van der Waals surface area contributed by atoms with Gasteiger partial charge < -0.3 is 19.9 Å². The number of nitriles is 1. The molecule has 3 aliphatic rings. The molecule has 39 heavy (non-hydrogen) atoms. The van der Waals surface area contributed by atoms with Gasteiger partial charge in [-0.15, -0.1) is 0 Å². The van der Waals surface area contributed by atoms with Crippen LogP contribution in [-0.2, 0) is 6.54 Å². The molecular formula is C32H39N5O2. The smallest absolute Gasteiger partial charge is 0.251 e. The van der Waals surface area contributed by atoms with Crippen molar-refractivity contribution < 1.29 is 9.53 Å². The maximum Gasteiger partial charge on any atom is 0.251 e. The summed E-state index contributed by atoms with van der Waals surface area (Å²) in [6, 6.07) is 15.2. The Labute approximate surface area is 231 Å². The van der Waals surface area contributed by atoms with Crippen LogP contribution in [0.3, 0.4) is 0 Å². The molecule has 1 spiro atoms. The SMILES string of the molecule is COc1cc(C)c2[nH]ccc2c1CN1CCC2(CC(C#N)C2)C[C@H]1c1ccc(C(=O)NCC2CN(C)C2)cc1. The Balaban J connectivity index is 1.24. The van der Waals surface area contributed by atoms with Crippen LogP contribution in [0.1, 0.15) is 58.8 Å². The lowest BCUT2D eigenvalue weighted by Crippen LogP contribution is -2.49. The fourth-order valence-electron chi connectivity index (χ4n) is 7.28. The van der Waals surface area contributed by atoms with Gasteiger partial charge in [0.2, 0.25) is 0 Å². The average molecular weight is 526 g/mol. The van der Waals surface area contributed by atoms with E-state index in [-0.39, 0.29) is 23.3 Å². The number of amides is 1. The minimum atomic E-state index is 0.00294. The van der Waals surface area contributed by atoms with Crippen molar-refractivity contribution in [2.75, 3.05) is 40.3 Å². The summed E-state index contributed by atoms with van der Waals surface area (Å²) >= 11 is 0. The highest BCUT2D eigenvalue weighted by atomic mass is 16.5. The van der Waals surface area contributed by atoms with Crippen molar-refractivity contribution in [3.63, 3.8) is 0 Å². The molecule has 0 bridgehead atoms. The summed E-state index contributed by atoms with van der Waals surface area (Å²) in [7, 11) is 3.86. The van der Waals surface area contributed by atoms with Gasteiger partial charge in [-0.05, 0) is 87.0 Å². The minimum Gasteiger partial charge on any atom is -0.496 e. The molecule has 1 amide bonds. The van der Waals surface area contributed by atoms with Gasteiger partial charge in [-0.25, -0.2) is 0 Å². The Kier molecular flexibility index (Phi) is 6.86. The van der Waals surface area contributed by atoms with Crippen LogP contribution in [0.5, 0.6) is 5.75 Å². The van der Waals surface area contributed by atoms with Crippen molar-refractivity contribution in [3.05, 3.63) is 64.8 Å². The van der Waals surface area contributed by atoms with E-state index in [9.17, 15) is 10.1 Å². The van der Waals surface area contributed by atoms with E-state index in [2.05, 4.69) is 64.4 Å². The van der Waals surface area contributed by atoms with Crippen molar-refractivity contribution >= 4 is 16.8 Å². The quantitative estimate of drug-likeness (QED) is 0.452. The fourth-order valence-corrected chi connectivity index (χ4v) is 7.28. The number of piperidine rings is 1. The second-order valence-electron chi connectivity index (χ2n) is 12.2. The predicted molar refractivity (Wildman–Crippen MR) is 153 cm³/mol. The van der Waals surface area contributed by atoms with Gasteiger partial charge in [0.05, 0.1) is 13.2 Å². The second kappa shape index (κ2) is 10.3. The summed E-state index contributed by atoms with van der Waals surface area (Å²) in [4.78, 5) is 21.0. The van der Waals surface area contributed by atoms with E-state index in [0.717, 1.165) is 69.7 Å². The zero-order valence-corrected chi connectivity index (χ0v) is 23.3. The van der Waals surface area contributed by atoms with Gasteiger partial charge in [0.1, 0.15) is 5.75 Å². The van der Waals surface area contributed by atoms with Crippen LogP contribution in [0, 0.1) is 35.5 Å². The molecule has 2 saturated heterocycles. The van der Waals surface area contributed by atoms with E-state index in [4.69, 9.17) is 4.74 Å². The summed E-state index contributed by atoms with van der Waals surface area (Å²) in [5.41, 5.74) is 5.75. The molecule has 1 atom stereocenters. The van der Waals surface area contributed by atoms with Crippen molar-refractivity contribution in [1.29, 1.82) is 5.26 Å². The highest BCUT2D eigenvalue weighted by Gasteiger charge is 2.49. The molecule has 7 heteroatoms. The number of hydrogen-bond donors (Lipinski definition) is 2. The Bertz CT molecular complexity index is 1390. The number of carbonyl (C=O) groups is 1. The molecular weight excluding hydrogens is 486 g/mol. The lowest BCUT2D eigenvalue weighted by atomic mass is 9.56. The Morgan fingerprint density at radius 2 is 1.97 bits per heavy atom. The number of nitrogens with zero attached hydrogens (tertiary/aromatic N) is 3. The maximum absolute atomic E-state index is 12.8. The first-order valence-electron chi connectivity index (χ1n) is 14.2. The molecule has 204 valence electrons. The highest BCUT2D eigenvalue weighted by Crippen LogP contribution is 2.56. The van der Waals surface area contributed by atoms with Crippen LogP contribution in [0.2, 0.25) is 0 Å². The molecule has 0 radical (unpaired) electrons. The Hall–Kier alpha value is -3.34. The van der Waals surface area contributed by atoms with E-state index in [0.29, 0.717) is 11.5 Å². The lowest BCUT2D eigenvalue weighted by molar-refractivity contribution is -0.0298. The van der Waals surface area contributed by atoms with E-state index in [1.54, 1.807) is 7.11 Å². The van der Waals surface area contributed by atoms with Crippen LogP contribution in [0.15, 0.2) is 42.6 Å². The van der Waals surface area contributed by atoms with Gasteiger partial charge >= 0.3 is 0 Å². The molecule has 7 nitrogen and oxygen atoms in total. The molecule has 1 saturated carbocycles. The monoisotopic (exact) mass is 525 g/mol. The third kappa shape index (κ3) is 4.92. The topological polar surface area (TPSA) is 84.4 Å². The number of nitrogens with one attached hydrogen (secondary N) is 2. The number of methoxy groups -OCH3 is 1. The Morgan fingerprint density at radius 3 is 2.67 bits per heavy atom. The van der Waals surface area contributed by atoms with Gasteiger partial charge in [0, 0.05) is 72.3 Å². The molecule has 3 heterocycles. The standard InChI is InChI=1S/C32H39N5O2/c1-21-12-29(39-3)27(26-8-10-34-30(21)26)20-37-11-9-32(13-22(14-32)16-33)15-28(37)24-4-6-25(7-5-24)31(38)35-17-23-18-36(2)19-23/h4-8,10,12,22-23,28,34H,9,11,13-15,17-20H2,1-3H3,(H,35,38)/t22?,28-,32?/m0/s1.